The van der Waals surface area contributed by atoms with Crippen LogP contribution in [0.15, 0.2) is 6.20 Å². The molecule has 0 bridgehead atoms. The zero-order chi connectivity index (χ0) is 13.4. The van der Waals surface area contributed by atoms with Crippen molar-refractivity contribution in [2.24, 2.45) is 0 Å². The van der Waals surface area contributed by atoms with Crippen molar-refractivity contribution >= 4 is 16.5 Å². The molecule has 0 aromatic carbocycles. The predicted octanol–water partition coefficient (Wildman–Crippen LogP) is 3.83. The van der Waals surface area contributed by atoms with Gasteiger partial charge in [0.2, 0.25) is 0 Å². The first-order chi connectivity index (χ1) is 8.72. The Hall–Kier alpha value is -0.610. The van der Waals surface area contributed by atoms with Crippen LogP contribution >= 0.6 is 11.3 Å². The van der Waals surface area contributed by atoms with Gasteiger partial charge in [0.05, 0.1) is 0 Å². The second kappa shape index (κ2) is 8.48. The Kier molecular flexibility index (Phi) is 7.28. The standard InChI is InChI=1S/C14H27N3S/c1-5-8-15-12(4)13-11-16-14(18-13)17(9-6-2)10-7-3/h11-12,15H,5-10H2,1-4H3. The number of aromatic nitrogens is 1. The Labute approximate surface area is 116 Å². The molecule has 4 heteroatoms. The third kappa shape index (κ3) is 4.58. The molecule has 0 saturated heterocycles. The van der Waals surface area contributed by atoms with E-state index >= 15 is 0 Å². The van der Waals surface area contributed by atoms with Crippen LogP contribution in [0.5, 0.6) is 0 Å². The molecule has 18 heavy (non-hydrogen) atoms. The molecule has 1 atom stereocenters. The highest BCUT2D eigenvalue weighted by atomic mass is 32.1. The maximum absolute atomic E-state index is 4.59. The van der Waals surface area contributed by atoms with Crippen molar-refractivity contribution in [3.05, 3.63) is 11.1 Å². The van der Waals surface area contributed by atoms with E-state index in [0.29, 0.717) is 6.04 Å². The number of hydrogen-bond donors (Lipinski definition) is 1. The molecule has 0 aliphatic carbocycles. The van der Waals surface area contributed by atoms with Crippen LogP contribution in [-0.2, 0) is 0 Å². The summed E-state index contributed by atoms with van der Waals surface area (Å²) < 4.78 is 0. The van der Waals surface area contributed by atoms with Crippen LogP contribution in [-0.4, -0.2) is 24.6 Å². The van der Waals surface area contributed by atoms with Crippen LogP contribution in [0.25, 0.3) is 0 Å². The Morgan fingerprint density at radius 3 is 2.44 bits per heavy atom. The van der Waals surface area contributed by atoms with Gasteiger partial charge in [-0.3, -0.25) is 0 Å². The molecular weight excluding hydrogens is 242 g/mol. The molecule has 0 aliphatic heterocycles. The molecule has 1 unspecified atom stereocenters. The minimum atomic E-state index is 0.418. The smallest absolute Gasteiger partial charge is 0.185 e. The summed E-state index contributed by atoms with van der Waals surface area (Å²) in [6.07, 6.45) is 5.57. The number of thiazole rings is 1. The summed E-state index contributed by atoms with van der Waals surface area (Å²) in [6, 6.07) is 0.418. The molecule has 0 aliphatic rings. The third-order valence-electron chi connectivity index (χ3n) is 2.90. The van der Waals surface area contributed by atoms with Crippen LogP contribution in [0.1, 0.15) is 57.9 Å². The molecule has 1 rings (SSSR count). The maximum Gasteiger partial charge on any atom is 0.185 e. The van der Waals surface area contributed by atoms with Crippen LogP contribution in [0.3, 0.4) is 0 Å². The van der Waals surface area contributed by atoms with Crippen molar-refractivity contribution in [2.75, 3.05) is 24.5 Å². The zero-order valence-corrected chi connectivity index (χ0v) is 13.0. The van der Waals surface area contributed by atoms with Gasteiger partial charge in [0, 0.05) is 30.2 Å². The highest BCUT2D eigenvalue weighted by Crippen LogP contribution is 2.27. The molecule has 0 amide bonds. The highest BCUT2D eigenvalue weighted by molar-refractivity contribution is 7.15. The van der Waals surface area contributed by atoms with Crippen LogP contribution < -0.4 is 10.2 Å². The van der Waals surface area contributed by atoms with Gasteiger partial charge in [0.1, 0.15) is 0 Å². The molecule has 0 saturated carbocycles. The summed E-state index contributed by atoms with van der Waals surface area (Å²) in [5.74, 6) is 0. The molecule has 0 fully saturated rings. The largest absolute Gasteiger partial charge is 0.348 e. The summed E-state index contributed by atoms with van der Waals surface area (Å²) in [6.45, 7) is 12.2. The van der Waals surface area contributed by atoms with E-state index in [-0.39, 0.29) is 0 Å². The first-order valence-electron chi connectivity index (χ1n) is 7.16. The van der Waals surface area contributed by atoms with Crippen molar-refractivity contribution < 1.29 is 0 Å². The predicted molar refractivity (Wildman–Crippen MR) is 81.6 cm³/mol. The number of nitrogens with zero attached hydrogens (tertiary/aromatic N) is 2. The van der Waals surface area contributed by atoms with Gasteiger partial charge in [-0.2, -0.15) is 0 Å². The van der Waals surface area contributed by atoms with Crippen LogP contribution in [0.2, 0.25) is 0 Å². The van der Waals surface area contributed by atoms with Gasteiger partial charge in [-0.25, -0.2) is 4.98 Å². The molecule has 1 aromatic rings. The number of hydrogen-bond acceptors (Lipinski definition) is 4. The quantitative estimate of drug-likeness (QED) is 0.738. The lowest BCUT2D eigenvalue weighted by Gasteiger charge is -2.20. The molecule has 0 spiro atoms. The first-order valence-corrected chi connectivity index (χ1v) is 7.98. The molecule has 1 N–H and O–H groups in total. The number of rotatable bonds is 9. The summed E-state index contributed by atoms with van der Waals surface area (Å²) in [5, 5.41) is 4.70. The van der Waals surface area contributed by atoms with Gasteiger partial charge in [-0.15, -0.1) is 11.3 Å². The third-order valence-corrected chi connectivity index (χ3v) is 4.14. The molecular formula is C14H27N3S. The van der Waals surface area contributed by atoms with E-state index in [9.17, 15) is 0 Å². The lowest BCUT2D eigenvalue weighted by Crippen LogP contribution is -2.24. The number of nitrogens with one attached hydrogen (secondary N) is 1. The fourth-order valence-corrected chi connectivity index (χ4v) is 2.92. The summed E-state index contributed by atoms with van der Waals surface area (Å²) in [7, 11) is 0. The Balaban J connectivity index is 2.64. The van der Waals surface area contributed by atoms with Crippen LogP contribution in [0, 0.1) is 0 Å². The fourth-order valence-electron chi connectivity index (χ4n) is 1.93. The van der Waals surface area contributed by atoms with E-state index < -0.39 is 0 Å². The second-order valence-electron chi connectivity index (χ2n) is 4.71. The maximum atomic E-state index is 4.59. The normalized spacial score (nSPS) is 12.7. The SMILES string of the molecule is CCCNC(C)c1cnc(N(CCC)CCC)s1. The molecule has 3 nitrogen and oxygen atoms in total. The fraction of sp³-hybridized carbons (Fsp3) is 0.786. The van der Waals surface area contributed by atoms with E-state index in [1.165, 1.54) is 29.3 Å². The molecule has 104 valence electrons. The van der Waals surface area contributed by atoms with Gasteiger partial charge in [-0.05, 0) is 32.7 Å². The van der Waals surface area contributed by atoms with Crippen molar-refractivity contribution in [3.63, 3.8) is 0 Å². The van der Waals surface area contributed by atoms with Gasteiger partial charge >= 0.3 is 0 Å². The zero-order valence-electron chi connectivity index (χ0n) is 12.2. The number of anilines is 1. The second-order valence-corrected chi connectivity index (χ2v) is 5.75. The van der Waals surface area contributed by atoms with Gasteiger partial charge in [0.25, 0.3) is 0 Å². The lowest BCUT2D eigenvalue weighted by molar-refractivity contribution is 0.577. The van der Waals surface area contributed by atoms with Gasteiger partial charge < -0.3 is 10.2 Å². The van der Waals surface area contributed by atoms with E-state index in [4.69, 9.17) is 0 Å². The molecule has 0 radical (unpaired) electrons. The summed E-state index contributed by atoms with van der Waals surface area (Å²) >= 11 is 1.83. The highest BCUT2D eigenvalue weighted by Gasteiger charge is 2.13. The Morgan fingerprint density at radius 2 is 1.89 bits per heavy atom. The average molecular weight is 269 g/mol. The van der Waals surface area contributed by atoms with E-state index in [0.717, 1.165) is 19.6 Å². The van der Waals surface area contributed by atoms with Gasteiger partial charge in [0.15, 0.2) is 5.13 Å². The van der Waals surface area contributed by atoms with E-state index in [2.05, 4.69) is 42.9 Å². The monoisotopic (exact) mass is 269 g/mol. The lowest BCUT2D eigenvalue weighted by atomic mass is 10.3. The summed E-state index contributed by atoms with van der Waals surface area (Å²) in [4.78, 5) is 8.33. The first kappa shape index (κ1) is 15.4. The Bertz CT molecular complexity index is 319. The molecule has 1 heterocycles. The van der Waals surface area contributed by atoms with Gasteiger partial charge in [-0.1, -0.05) is 20.8 Å². The minimum Gasteiger partial charge on any atom is -0.348 e. The van der Waals surface area contributed by atoms with E-state index in [1.807, 2.05) is 17.5 Å². The van der Waals surface area contributed by atoms with E-state index in [1.54, 1.807) is 0 Å². The summed E-state index contributed by atoms with van der Waals surface area (Å²) in [5.41, 5.74) is 0. The van der Waals surface area contributed by atoms with Crippen molar-refractivity contribution in [3.8, 4) is 0 Å². The van der Waals surface area contributed by atoms with Crippen molar-refractivity contribution in [1.82, 2.24) is 10.3 Å². The average Bonchev–Trinajstić information content (AvgIpc) is 2.85. The Morgan fingerprint density at radius 1 is 1.22 bits per heavy atom. The van der Waals surface area contributed by atoms with Crippen LogP contribution in [0.4, 0.5) is 5.13 Å². The topological polar surface area (TPSA) is 28.2 Å². The minimum absolute atomic E-state index is 0.418. The van der Waals surface area contributed by atoms with Crippen molar-refractivity contribution in [2.45, 2.75) is 53.0 Å². The van der Waals surface area contributed by atoms with Crippen molar-refractivity contribution in [1.29, 1.82) is 0 Å². The molecule has 1 aromatic heterocycles.